The highest BCUT2D eigenvalue weighted by molar-refractivity contribution is 7.13. The van der Waals surface area contributed by atoms with Gasteiger partial charge in [-0.25, -0.2) is 0 Å². The third-order valence-corrected chi connectivity index (χ3v) is 4.32. The standard InChI is InChI=1S/C14H9Cl2NO2S/c15-8-3-4-11(16)9(6-8)14-10(7-18)13(17-19-14)12-2-1-5-20-12/h1-6,18H,7H2. The molecule has 20 heavy (non-hydrogen) atoms. The average Bonchev–Trinajstić information content (AvgIpc) is 3.08. The van der Waals surface area contributed by atoms with Crippen LogP contribution in [0.2, 0.25) is 10.0 Å². The Morgan fingerprint density at radius 1 is 1.25 bits per heavy atom. The molecule has 0 atom stereocenters. The number of aromatic nitrogens is 1. The van der Waals surface area contributed by atoms with Crippen LogP contribution in [0.3, 0.4) is 0 Å². The Morgan fingerprint density at radius 3 is 2.80 bits per heavy atom. The molecular weight excluding hydrogens is 317 g/mol. The lowest BCUT2D eigenvalue weighted by molar-refractivity contribution is 0.281. The number of hydrogen-bond acceptors (Lipinski definition) is 4. The molecule has 3 nitrogen and oxygen atoms in total. The molecular formula is C14H9Cl2NO2S. The first-order valence-corrected chi connectivity index (χ1v) is 7.43. The summed E-state index contributed by atoms with van der Waals surface area (Å²) >= 11 is 13.7. The van der Waals surface area contributed by atoms with Crippen LogP contribution in [0.15, 0.2) is 40.2 Å². The lowest BCUT2D eigenvalue weighted by Gasteiger charge is -2.03. The normalized spacial score (nSPS) is 10.9. The summed E-state index contributed by atoms with van der Waals surface area (Å²) in [5, 5.41) is 16.7. The van der Waals surface area contributed by atoms with Crippen molar-refractivity contribution in [2.24, 2.45) is 0 Å². The van der Waals surface area contributed by atoms with E-state index in [1.54, 1.807) is 18.2 Å². The van der Waals surface area contributed by atoms with Gasteiger partial charge in [-0.15, -0.1) is 11.3 Å². The van der Waals surface area contributed by atoms with E-state index in [-0.39, 0.29) is 6.61 Å². The van der Waals surface area contributed by atoms with Gasteiger partial charge in [0.2, 0.25) is 0 Å². The van der Waals surface area contributed by atoms with Crippen molar-refractivity contribution >= 4 is 34.5 Å². The molecule has 0 bridgehead atoms. The van der Waals surface area contributed by atoms with Gasteiger partial charge < -0.3 is 9.63 Å². The first-order valence-electron chi connectivity index (χ1n) is 5.79. The van der Waals surface area contributed by atoms with Crippen LogP contribution in [0.25, 0.3) is 21.9 Å². The second-order valence-corrected chi connectivity index (χ2v) is 5.89. The second kappa shape index (κ2) is 5.58. The monoisotopic (exact) mass is 325 g/mol. The molecule has 0 saturated heterocycles. The lowest BCUT2D eigenvalue weighted by atomic mass is 10.1. The zero-order chi connectivity index (χ0) is 14.1. The highest BCUT2D eigenvalue weighted by Crippen LogP contribution is 2.38. The molecule has 0 radical (unpaired) electrons. The van der Waals surface area contributed by atoms with Crippen molar-refractivity contribution in [2.75, 3.05) is 0 Å². The molecule has 0 aliphatic heterocycles. The minimum absolute atomic E-state index is 0.186. The van der Waals surface area contributed by atoms with Crippen molar-refractivity contribution < 1.29 is 9.63 Å². The summed E-state index contributed by atoms with van der Waals surface area (Å²) in [5.74, 6) is 0.448. The molecule has 0 aliphatic rings. The van der Waals surface area contributed by atoms with Crippen molar-refractivity contribution in [2.45, 2.75) is 6.61 Å². The highest BCUT2D eigenvalue weighted by atomic mass is 35.5. The van der Waals surface area contributed by atoms with Crippen molar-refractivity contribution in [1.29, 1.82) is 0 Å². The predicted octanol–water partition coefficient (Wildman–Crippen LogP) is 4.87. The van der Waals surface area contributed by atoms with Crippen molar-refractivity contribution in [3.8, 4) is 21.9 Å². The molecule has 0 unspecified atom stereocenters. The smallest absolute Gasteiger partial charge is 0.174 e. The average molecular weight is 326 g/mol. The summed E-state index contributed by atoms with van der Waals surface area (Å²) in [5.41, 5.74) is 1.86. The van der Waals surface area contributed by atoms with Crippen LogP contribution in [0, 0.1) is 0 Å². The molecule has 3 rings (SSSR count). The van der Waals surface area contributed by atoms with Crippen molar-refractivity contribution in [1.82, 2.24) is 5.16 Å². The molecule has 0 aliphatic carbocycles. The van der Waals surface area contributed by atoms with Gasteiger partial charge in [-0.3, -0.25) is 0 Å². The Labute approximate surface area is 129 Å². The van der Waals surface area contributed by atoms with E-state index in [0.29, 0.717) is 32.6 Å². The Morgan fingerprint density at radius 2 is 2.10 bits per heavy atom. The molecule has 0 amide bonds. The van der Waals surface area contributed by atoms with E-state index in [0.717, 1.165) is 4.88 Å². The first-order chi connectivity index (χ1) is 9.70. The molecule has 0 saturated carbocycles. The summed E-state index contributed by atoms with van der Waals surface area (Å²) in [6, 6.07) is 8.92. The SMILES string of the molecule is OCc1c(-c2cccs2)noc1-c1cc(Cl)ccc1Cl. The molecule has 6 heteroatoms. The van der Waals surface area contributed by atoms with Gasteiger partial charge in [0.15, 0.2) is 5.76 Å². The third-order valence-electron chi connectivity index (χ3n) is 2.87. The van der Waals surface area contributed by atoms with Gasteiger partial charge in [0.05, 0.1) is 22.1 Å². The number of aliphatic hydroxyl groups is 1. The molecule has 0 spiro atoms. The van der Waals surface area contributed by atoms with Gasteiger partial charge in [-0.2, -0.15) is 0 Å². The molecule has 1 N–H and O–H groups in total. The minimum Gasteiger partial charge on any atom is -0.391 e. The number of rotatable bonds is 3. The van der Waals surface area contributed by atoms with Crippen molar-refractivity contribution in [3.63, 3.8) is 0 Å². The van der Waals surface area contributed by atoms with Crippen LogP contribution < -0.4 is 0 Å². The van der Waals surface area contributed by atoms with Crippen LogP contribution in [-0.2, 0) is 6.61 Å². The molecule has 102 valence electrons. The number of halogens is 2. The topological polar surface area (TPSA) is 46.3 Å². The van der Waals surface area contributed by atoms with Crippen LogP contribution in [0.1, 0.15) is 5.56 Å². The van der Waals surface area contributed by atoms with Gasteiger partial charge in [0.25, 0.3) is 0 Å². The number of hydrogen-bond donors (Lipinski definition) is 1. The van der Waals surface area contributed by atoms with Gasteiger partial charge in [-0.05, 0) is 29.6 Å². The van der Waals surface area contributed by atoms with Crippen LogP contribution in [0.4, 0.5) is 0 Å². The molecule has 0 fully saturated rings. The zero-order valence-electron chi connectivity index (χ0n) is 10.1. The van der Waals surface area contributed by atoms with E-state index >= 15 is 0 Å². The maximum atomic E-state index is 9.64. The third kappa shape index (κ3) is 2.36. The largest absolute Gasteiger partial charge is 0.391 e. The number of nitrogens with zero attached hydrogens (tertiary/aromatic N) is 1. The van der Waals surface area contributed by atoms with Crippen LogP contribution >= 0.6 is 34.5 Å². The molecule has 2 heterocycles. The van der Waals surface area contributed by atoms with Crippen molar-refractivity contribution in [3.05, 3.63) is 51.3 Å². The van der Waals surface area contributed by atoms with Gasteiger partial charge in [-0.1, -0.05) is 34.4 Å². The van der Waals surface area contributed by atoms with E-state index in [2.05, 4.69) is 5.16 Å². The summed E-state index contributed by atoms with van der Waals surface area (Å²) in [7, 11) is 0. The molecule has 1 aromatic carbocycles. The Bertz CT molecular complexity index is 738. The highest BCUT2D eigenvalue weighted by Gasteiger charge is 2.20. The number of thiophene rings is 1. The van der Waals surface area contributed by atoms with Gasteiger partial charge >= 0.3 is 0 Å². The number of benzene rings is 1. The van der Waals surface area contributed by atoms with Crippen LogP contribution in [-0.4, -0.2) is 10.3 Å². The zero-order valence-corrected chi connectivity index (χ0v) is 12.5. The Balaban J connectivity index is 2.18. The van der Waals surface area contributed by atoms with E-state index in [1.165, 1.54) is 11.3 Å². The lowest BCUT2D eigenvalue weighted by Crippen LogP contribution is -1.88. The Hall–Kier alpha value is -1.33. The second-order valence-electron chi connectivity index (χ2n) is 4.10. The minimum atomic E-state index is -0.186. The van der Waals surface area contributed by atoms with Gasteiger partial charge in [0, 0.05) is 10.6 Å². The summed E-state index contributed by atoms with van der Waals surface area (Å²) in [4.78, 5) is 0.933. The predicted molar refractivity (Wildman–Crippen MR) is 81.2 cm³/mol. The fourth-order valence-corrected chi connectivity index (χ4v) is 3.05. The van der Waals surface area contributed by atoms with Crippen LogP contribution in [0.5, 0.6) is 0 Å². The van der Waals surface area contributed by atoms with Gasteiger partial charge in [0.1, 0.15) is 5.69 Å². The summed E-state index contributed by atoms with van der Waals surface area (Å²) in [6.45, 7) is -0.186. The molecule has 2 aromatic heterocycles. The fraction of sp³-hybridized carbons (Fsp3) is 0.0714. The maximum absolute atomic E-state index is 9.64. The van der Waals surface area contributed by atoms with E-state index in [9.17, 15) is 5.11 Å². The summed E-state index contributed by atoms with van der Waals surface area (Å²) in [6.07, 6.45) is 0. The molecule has 3 aromatic rings. The quantitative estimate of drug-likeness (QED) is 0.747. The van der Waals surface area contributed by atoms with E-state index in [1.807, 2.05) is 17.5 Å². The van der Waals surface area contributed by atoms with E-state index < -0.39 is 0 Å². The Kier molecular flexibility index (Phi) is 3.81. The maximum Gasteiger partial charge on any atom is 0.174 e. The van der Waals surface area contributed by atoms with E-state index in [4.69, 9.17) is 27.7 Å². The summed E-state index contributed by atoms with van der Waals surface area (Å²) < 4.78 is 5.39. The fourth-order valence-electron chi connectivity index (χ4n) is 1.95. The first kappa shape index (κ1) is 13.6. The number of aliphatic hydroxyl groups excluding tert-OH is 1.